The van der Waals surface area contributed by atoms with Crippen LogP contribution in [0.15, 0.2) is 5.11 Å². The van der Waals surface area contributed by atoms with E-state index in [1.165, 1.54) is 0 Å². The number of carbonyl (C=O) groups is 4. The Bertz CT molecular complexity index is 602. The van der Waals surface area contributed by atoms with Crippen molar-refractivity contribution in [2.24, 2.45) is 5.11 Å². The maximum atomic E-state index is 11.9. The molecule has 0 N–H and O–H groups in total. The van der Waals surface area contributed by atoms with E-state index >= 15 is 0 Å². The lowest BCUT2D eigenvalue weighted by molar-refractivity contribution is -0.247. The first kappa shape index (κ1) is 20.2. The molecular formula is C13H17N3O9. The normalized spacial score (nSPS) is 28.1. The number of hydrogen-bond acceptors (Lipinski definition) is 10. The number of azide groups is 1. The van der Waals surface area contributed by atoms with Crippen molar-refractivity contribution in [2.75, 3.05) is 7.11 Å². The summed E-state index contributed by atoms with van der Waals surface area (Å²) in [6.07, 6.45) is -7.47. The molecule has 138 valence electrons. The van der Waals surface area contributed by atoms with Crippen molar-refractivity contribution in [2.45, 2.75) is 51.4 Å². The highest BCUT2D eigenvalue weighted by molar-refractivity contribution is 5.77. The predicted molar refractivity (Wildman–Crippen MR) is 76.5 cm³/mol. The van der Waals surface area contributed by atoms with Crippen LogP contribution in [0.3, 0.4) is 0 Å². The van der Waals surface area contributed by atoms with Crippen LogP contribution in [0.5, 0.6) is 0 Å². The molecule has 0 aromatic rings. The van der Waals surface area contributed by atoms with Gasteiger partial charge in [0.15, 0.2) is 30.6 Å². The molecule has 0 amide bonds. The molecule has 1 saturated heterocycles. The summed E-state index contributed by atoms with van der Waals surface area (Å²) in [4.78, 5) is 48.6. The maximum absolute atomic E-state index is 11.9. The van der Waals surface area contributed by atoms with Crippen molar-refractivity contribution in [3.8, 4) is 0 Å². The molecule has 12 nitrogen and oxygen atoms in total. The van der Waals surface area contributed by atoms with E-state index in [2.05, 4.69) is 14.8 Å². The summed E-state index contributed by atoms with van der Waals surface area (Å²) in [6, 6.07) is 0. The highest BCUT2D eigenvalue weighted by atomic mass is 16.7. The van der Waals surface area contributed by atoms with E-state index in [9.17, 15) is 19.2 Å². The fourth-order valence-corrected chi connectivity index (χ4v) is 2.24. The number of carbonyl (C=O) groups excluding carboxylic acids is 4. The molecule has 25 heavy (non-hydrogen) atoms. The zero-order valence-corrected chi connectivity index (χ0v) is 13.9. The van der Waals surface area contributed by atoms with Crippen molar-refractivity contribution in [1.29, 1.82) is 0 Å². The molecule has 1 rings (SSSR count). The quantitative estimate of drug-likeness (QED) is 0.216. The molecule has 0 aliphatic carbocycles. The van der Waals surface area contributed by atoms with E-state index in [0.717, 1.165) is 27.9 Å². The Kier molecular flexibility index (Phi) is 7.15. The minimum Gasteiger partial charge on any atom is -0.467 e. The minimum absolute atomic E-state index is 0.804. The van der Waals surface area contributed by atoms with E-state index in [1.807, 2.05) is 0 Å². The van der Waals surface area contributed by atoms with Crippen molar-refractivity contribution in [1.82, 2.24) is 0 Å². The van der Waals surface area contributed by atoms with Gasteiger partial charge in [-0.05, 0) is 5.53 Å². The Morgan fingerprint density at radius 3 is 1.84 bits per heavy atom. The van der Waals surface area contributed by atoms with Gasteiger partial charge in [-0.3, -0.25) is 14.4 Å². The number of nitrogens with zero attached hydrogens (tertiary/aromatic N) is 3. The topological polar surface area (TPSA) is 163 Å². The Labute approximate surface area is 141 Å². The van der Waals surface area contributed by atoms with Crippen molar-refractivity contribution < 1.29 is 42.9 Å². The lowest BCUT2D eigenvalue weighted by Crippen LogP contribution is -2.62. The van der Waals surface area contributed by atoms with Gasteiger partial charge in [-0.1, -0.05) is 5.11 Å². The second-order valence-corrected chi connectivity index (χ2v) is 4.90. The lowest BCUT2D eigenvalue weighted by Gasteiger charge is -2.42. The number of hydrogen-bond donors (Lipinski definition) is 0. The van der Waals surface area contributed by atoms with Gasteiger partial charge >= 0.3 is 23.9 Å². The van der Waals surface area contributed by atoms with E-state index < -0.39 is 54.5 Å². The van der Waals surface area contributed by atoms with Crippen LogP contribution in [0.1, 0.15) is 20.8 Å². The summed E-state index contributed by atoms with van der Waals surface area (Å²) in [6.45, 7) is 3.17. The van der Waals surface area contributed by atoms with Crippen LogP contribution in [-0.2, 0) is 42.9 Å². The lowest BCUT2D eigenvalue weighted by atomic mass is 9.97. The Hall–Kier alpha value is -2.85. The van der Waals surface area contributed by atoms with E-state index in [1.54, 1.807) is 0 Å². The molecule has 1 fully saturated rings. The number of methoxy groups -OCH3 is 1. The van der Waals surface area contributed by atoms with Gasteiger partial charge in [0.25, 0.3) is 0 Å². The summed E-state index contributed by atoms with van der Waals surface area (Å²) in [5.41, 5.74) is 8.66. The third kappa shape index (κ3) is 5.33. The van der Waals surface area contributed by atoms with E-state index in [0.29, 0.717) is 0 Å². The molecule has 12 heteroatoms. The minimum atomic E-state index is -1.57. The molecule has 0 radical (unpaired) electrons. The molecule has 1 aliphatic rings. The average Bonchev–Trinajstić information content (AvgIpc) is 2.50. The van der Waals surface area contributed by atoms with Gasteiger partial charge in [0.05, 0.1) is 7.11 Å². The van der Waals surface area contributed by atoms with Crippen LogP contribution < -0.4 is 0 Å². The van der Waals surface area contributed by atoms with Gasteiger partial charge in [-0.25, -0.2) is 4.79 Å². The molecule has 0 saturated carbocycles. The van der Waals surface area contributed by atoms with Crippen LogP contribution in [0.25, 0.3) is 10.4 Å². The Morgan fingerprint density at radius 2 is 1.40 bits per heavy atom. The predicted octanol–water partition coefficient (Wildman–Crippen LogP) is -0.0103. The van der Waals surface area contributed by atoms with Crippen LogP contribution in [0.2, 0.25) is 0 Å². The third-order valence-electron chi connectivity index (χ3n) is 3.02. The summed E-state index contributed by atoms with van der Waals surface area (Å²) in [5, 5.41) is 3.30. The zero-order chi connectivity index (χ0) is 19.1. The molecule has 0 spiro atoms. The van der Waals surface area contributed by atoms with Crippen LogP contribution in [-0.4, -0.2) is 61.6 Å². The first-order valence-electron chi connectivity index (χ1n) is 7.00. The van der Waals surface area contributed by atoms with Gasteiger partial charge in [0.2, 0.25) is 0 Å². The first-order chi connectivity index (χ1) is 11.7. The SMILES string of the molecule is COC(=O)[C@H]1O[C@@H](N=[N+]=[N-])[C@H](OC(C)=O)[C@@H](OC(C)=O)[C@H]1OC(C)=O. The average molecular weight is 359 g/mol. The molecular weight excluding hydrogens is 342 g/mol. The number of ether oxygens (including phenoxy) is 5. The molecule has 5 atom stereocenters. The smallest absolute Gasteiger partial charge is 0.339 e. The fourth-order valence-electron chi connectivity index (χ4n) is 2.24. The number of rotatable bonds is 5. The standard InChI is InChI=1S/C13H17N3O9/c1-5(17)22-8-9(23-6(2)18)11(13(20)21-4)25-12(15-16-14)10(8)24-7(3)19/h8-12H,1-4H3/t8-,9+,10+,11-,12+/m0/s1. The largest absolute Gasteiger partial charge is 0.467 e. The summed E-state index contributed by atoms with van der Waals surface area (Å²) >= 11 is 0. The van der Waals surface area contributed by atoms with Crippen molar-refractivity contribution >= 4 is 23.9 Å². The van der Waals surface area contributed by atoms with Crippen LogP contribution in [0, 0.1) is 0 Å². The zero-order valence-electron chi connectivity index (χ0n) is 13.9. The van der Waals surface area contributed by atoms with Gasteiger partial charge in [0.1, 0.15) is 0 Å². The number of esters is 4. The van der Waals surface area contributed by atoms with Crippen LogP contribution in [0.4, 0.5) is 0 Å². The molecule has 0 aromatic heterocycles. The highest BCUT2D eigenvalue weighted by Crippen LogP contribution is 2.30. The van der Waals surface area contributed by atoms with E-state index in [-0.39, 0.29) is 0 Å². The van der Waals surface area contributed by atoms with E-state index in [4.69, 9.17) is 24.5 Å². The maximum Gasteiger partial charge on any atom is 0.339 e. The van der Waals surface area contributed by atoms with Gasteiger partial charge in [-0.15, -0.1) is 0 Å². The van der Waals surface area contributed by atoms with Crippen molar-refractivity contribution in [3.05, 3.63) is 10.4 Å². The molecule has 1 heterocycles. The van der Waals surface area contributed by atoms with Crippen LogP contribution >= 0.6 is 0 Å². The summed E-state index contributed by atoms with van der Waals surface area (Å²) in [7, 11) is 1.05. The van der Waals surface area contributed by atoms with Crippen molar-refractivity contribution in [3.63, 3.8) is 0 Å². The Balaban J connectivity index is 3.38. The first-order valence-corrected chi connectivity index (χ1v) is 7.00. The molecule has 0 unspecified atom stereocenters. The monoisotopic (exact) mass is 359 g/mol. The van der Waals surface area contributed by atoms with Gasteiger partial charge < -0.3 is 23.7 Å². The van der Waals surface area contributed by atoms with Gasteiger partial charge in [0, 0.05) is 25.7 Å². The fraction of sp³-hybridized carbons (Fsp3) is 0.692. The Morgan fingerprint density at radius 1 is 0.920 bits per heavy atom. The van der Waals surface area contributed by atoms with Gasteiger partial charge in [-0.2, -0.15) is 0 Å². The molecule has 0 bridgehead atoms. The molecule has 0 aromatic carbocycles. The highest BCUT2D eigenvalue weighted by Gasteiger charge is 2.54. The second kappa shape index (κ2) is 8.85. The summed E-state index contributed by atoms with van der Waals surface area (Å²) in [5.74, 6) is -3.40. The third-order valence-corrected chi connectivity index (χ3v) is 3.02. The summed E-state index contributed by atoms with van der Waals surface area (Å²) < 4.78 is 24.9. The second-order valence-electron chi connectivity index (χ2n) is 4.90. The molecule has 1 aliphatic heterocycles.